The molecule has 1 aromatic carbocycles. The molecule has 1 fully saturated rings. The summed E-state index contributed by atoms with van der Waals surface area (Å²) in [4.78, 5) is 1.53. The average Bonchev–Trinajstić information content (AvgIpc) is 2.75. The minimum atomic E-state index is 0.764. The molecule has 0 radical (unpaired) electrons. The molecule has 1 nitrogen and oxygen atoms in total. The lowest BCUT2D eigenvalue weighted by Gasteiger charge is -2.28. The largest absolute Gasteiger partial charge is 0.314 e. The minimum absolute atomic E-state index is 0.764. The fraction of sp³-hybridized carbons (Fsp3) is 0.667. The van der Waals surface area contributed by atoms with Crippen molar-refractivity contribution in [2.75, 3.05) is 12.3 Å². The van der Waals surface area contributed by atoms with Crippen LogP contribution >= 0.6 is 11.8 Å². The van der Waals surface area contributed by atoms with E-state index in [0.717, 1.165) is 24.4 Å². The predicted octanol–water partition coefficient (Wildman–Crippen LogP) is 4.82. The maximum absolute atomic E-state index is 3.77. The normalized spacial score (nSPS) is 29.9. The van der Waals surface area contributed by atoms with Gasteiger partial charge in [0.15, 0.2) is 0 Å². The molecule has 0 bridgehead atoms. The summed E-state index contributed by atoms with van der Waals surface area (Å²) in [6.45, 7) is 3.37. The van der Waals surface area contributed by atoms with Crippen molar-refractivity contribution < 1.29 is 0 Å². The van der Waals surface area contributed by atoms with Crippen LogP contribution in [0.2, 0.25) is 0 Å². The summed E-state index contributed by atoms with van der Waals surface area (Å²) >= 11 is 2.06. The van der Waals surface area contributed by atoms with E-state index in [1.165, 1.54) is 49.2 Å². The van der Waals surface area contributed by atoms with Crippen LogP contribution in [0.5, 0.6) is 0 Å². The Kier molecular flexibility index (Phi) is 5.06. The molecule has 1 aliphatic carbocycles. The van der Waals surface area contributed by atoms with Crippen LogP contribution in [0.25, 0.3) is 0 Å². The zero-order chi connectivity index (χ0) is 13.8. The number of hydrogen-bond acceptors (Lipinski definition) is 2. The molecule has 1 heterocycles. The average molecular weight is 289 g/mol. The van der Waals surface area contributed by atoms with Gasteiger partial charge < -0.3 is 5.32 Å². The molecule has 1 saturated carbocycles. The fourth-order valence-corrected chi connectivity index (χ4v) is 5.26. The number of rotatable bonds is 4. The van der Waals surface area contributed by atoms with Gasteiger partial charge in [0.25, 0.3) is 0 Å². The Balaban J connectivity index is 1.69. The van der Waals surface area contributed by atoms with Gasteiger partial charge in [-0.1, -0.05) is 44.4 Å². The van der Waals surface area contributed by atoms with Gasteiger partial charge in [0.05, 0.1) is 0 Å². The Morgan fingerprint density at radius 1 is 1.15 bits per heavy atom. The Morgan fingerprint density at radius 2 is 2.00 bits per heavy atom. The van der Waals surface area contributed by atoms with Crippen LogP contribution in [0.3, 0.4) is 0 Å². The van der Waals surface area contributed by atoms with E-state index in [1.807, 2.05) is 0 Å². The second kappa shape index (κ2) is 7.00. The van der Waals surface area contributed by atoms with Crippen molar-refractivity contribution in [3.63, 3.8) is 0 Å². The van der Waals surface area contributed by atoms with E-state index < -0.39 is 0 Å². The second-order valence-electron chi connectivity index (χ2n) is 6.34. The van der Waals surface area contributed by atoms with Crippen LogP contribution in [0.4, 0.5) is 0 Å². The van der Waals surface area contributed by atoms with Crippen LogP contribution < -0.4 is 5.32 Å². The summed E-state index contributed by atoms with van der Waals surface area (Å²) in [5.74, 6) is 2.98. The molecule has 1 N–H and O–H groups in total. The molecular formula is C18H27NS. The lowest BCUT2D eigenvalue weighted by atomic mass is 9.83. The molecule has 2 aliphatic rings. The summed E-state index contributed by atoms with van der Waals surface area (Å²) in [6.07, 6.45) is 8.51. The third-order valence-electron chi connectivity index (χ3n) is 5.01. The van der Waals surface area contributed by atoms with E-state index in [0.29, 0.717) is 0 Å². The highest BCUT2D eigenvalue weighted by Crippen LogP contribution is 2.44. The molecule has 0 saturated heterocycles. The summed E-state index contributed by atoms with van der Waals surface area (Å²) in [6, 6.07) is 9.82. The van der Waals surface area contributed by atoms with Gasteiger partial charge >= 0.3 is 0 Å². The van der Waals surface area contributed by atoms with Crippen molar-refractivity contribution in [1.82, 2.24) is 5.32 Å². The van der Waals surface area contributed by atoms with Gasteiger partial charge in [-0.3, -0.25) is 0 Å². The Hall–Kier alpha value is -0.470. The van der Waals surface area contributed by atoms with Crippen LogP contribution in [-0.2, 0) is 0 Å². The van der Waals surface area contributed by atoms with Crippen molar-refractivity contribution in [3.05, 3.63) is 29.8 Å². The zero-order valence-electron chi connectivity index (χ0n) is 12.6. The molecule has 0 spiro atoms. The highest BCUT2D eigenvalue weighted by atomic mass is 32.2. The third kappa shape index (κ3) is 3.23. The summed E-state index contributed by atoms with van der Waals surface area (Å²) in [7, 11) is 0. The highest BCUT2D eigenvalue weighted by Gasteiger charge is 2.30. The number of hydrogen-bond donors (Lipinski definition) is 1. The smallest absolute Gasteiger partial charge is 0.0107 e. The van der Waals surface area contributed by atoms with Crippen molar-refractivity contribution >= 4 is 11.8 Å². The first kappa shape index (κ1) is 14.5. The summed E-state index contributed by atoms with van der Waals surface area (Å²) in [5.41, 5.74) is 1.62. The van der Waals surface area contributed by atoms with Gasteiger partial charge in [0, 0.05) is 16.7 Å². The summed E-state index contributed by atoms with van der Waals surface area (Å²) in [5, 5.41) is 3.77. The van der Waals surface area contributed by atoms with E-state index in [2.05, 4.69) is 48.3 Å². The minimum Gasteiger partial charge on any atom is -0.314 e. The van der Waals surface area contributed by atoms with E-state index >= 15 is 0 Å². The van der Waals surface area contributed by atoms with Gasteiger partial charge in [-0.05, 0) is 49.3 Å². The molecule has 0 aromatic heterocycles. The standard InChI is InChI=1S/C18H27NS/c1-2-19-17-10-5-3-4-8-14(17)12-15-13-20-18-11-7-6-9-16(15)18/h6-7,9,11,14-15,17,19H,2-5,8,10,12-13H2,1H3. The molecule has 3 unspecified atom stereocenters. The predicted molar refractivity (Wildman–Crippen MR) is 88.6 cm³/mol. The van der Waals surface area contributed by atoms with Gasteiger partial charge in [-0.2, -0.15) is 0 Å². The van der Waals surface area contributed by atoms with Crippen LogP contribution in [0, 0.1) is 5.92 Å². The first-order chi connectivity index (χ1) is 9.88. The van der Waals surface area contributed by atoms with E-state index in [1.54, 1.807) is 5.56 Å². The Morgan fingerprint density at radius 3 is 2.90 bits per heavy atom. The number of thioether (sulfide) groups is 1. The monoisotopic (exact) mass is 289 g/mol. The molecule has 1 aliphatic heterocycles. The molecule has 3 rings (SSSR count). The first-order valence-corrected chi connectivity index (χ1v) is 9.32. The van der Waals surface area contributed by atoms with Gasteiger partial charge in [0.2, 0.25) is 0 Å². The molecule has 20 heavy (non-hydrogen) atoms. The van der Waals surface area contributed by atoms with Crippen LogP contribution in [0.1, 0.15) is 56.9 Å². The van der Waals surface area contributed by atoms with E-state index in [4.69, 9.17) is 0 Å². The zero-order valence-corrected chi connectivity index (χ0v) is 13.4. The lowest BCUT2D eigenvalue weighted by Crippen LogP contribution is -2.36. The van der Waals surface area contributed by atoms with Gasteiger partial charge in [-0.15, -0.1) is 11.8 Å². The van der Waals surface area contributed by atoms with Crippen molar-refractivity contribution in [2.45, 2.75) is 62.3 Å². The van der Waals surface area contributed by atoms with Crippen LogP contribution in [-0.4, -0.2) is 18.3 Å². The molecule has 110 valence electrons. The van der Waals surface area contributed by atoms with Crippen LogP contribution in [0.15, 0.2) is 29.2 Å². The van der Waals surface area contributed by atoms with Crippen molar-refractivity contribution in [1.29, 1.82) is 0 Å². The molecule has 3 atom stereocenters. The second-order valence-corrected chi connectivity index (χ2v) is 7.41. The molecule has 1 aromatic rings. The maximum atomic E-state index is 3.77. The SMILES string of the molecule is CCNC1CCCCCC1CC1CSc2ccccc21. The number of nitrogens with one attached hydrogen (secondary N) is 1. The molecular weight excluding hydrogens is 262 g/mol. The molecule has 0 amide bonds. The van der Waals surface area contributed by atoms with Gasteiger partial charge in [0.1, 0.15) is 0 Å². The summed E-state index contributed by atoms with van der Waals surface area (Å²) < 4.78 is 0. The Labute approximate surface area is 127 Å². The quantitative estimate of drug-likeness (QED) is 0.797. The van der Waals surface area contributed by atoms with E-state index in [-0.39, 0.29) is 0 Å². The van der Waals surface area contributed by atoms with E-state index in [9.17, 15) is 0 Å². The maximum Gasteiger partial charge on any atom is 0.0107 e. The first-order valence-electron chi connectivity index (χ1n) is 8.33. The fourth-order valence-electron chi connectivity index (χ4n) is 3.99. The molecule has 2 heteroatoms. The van der Waals surface area contributed by atoms with Crippen molar-refractivity contribution in [3.8, 4) is 0 Å². The van der Waals surface area contributed by atoms with Gasteiger partial charge in [-0.25, -0.2) is 0 Å². The number of fused-ring (bicyclic) bond motifs is 1. The highest BCUT2D eigenvalue weighted by molar-refractivity contribution is 7.99. The topological polar surface area (TPSA) is 12.0 Å². The Bertz CT molecular complexity index is 431. The third-order valence-corrected chi connectivity index (χ3v) is 6.26. The van der Waals surface area contributed by atoms with Crippen molar-refractivity contribution in [2.24, 2.45) is 5.92 Å². The number of benzene rings is 1. The lowest BCUT2D eigenvalue weighted by molar-refractivity contribution is 0.307.